The van der Waals surface area contributed by atoms with Crippen LogP contribution in [0.15, 0.2) is 0 Å². The van der Waals surface area contributed by atoms with Crippen molar-refractivity contribution >= 4 is 5.91 Å². The van der Waals surface area contributed by atoms with Crippen molar-refractivity contribution < 1.29 is 4.79 Å². The van der Waals surface area contributed by atoms with Gasteiger partial charge in [0.05, 0.1) is 0 Å². The molecular formula is C23H42N2O. The smallest absolute Gasteiger partial charge is 0.222 e. The quantitative estimate of drug-likeness (QED) is 0.691. The Hall–Kier alpha value is -0.570. The first kappa shape index (κ1) is 20.2. The summed E-state index contributed by atoms with van der Waals surface area (Å²) in [6.07, 6.45) is 13.2. The van der Waals surface area contributed by atoms with Crippen molar-refractivity contribution in [1.29, 1.82) is 0 Å². The summed E-state index contributed by atoms with van der Waals surface area (Å²) in [5, 5.41) is 0. The highest BCUT2D eigenvalue weighted by atomic mass is 16.2. The molecule has 1 aliphatic carbocycles. The van der Waals surface area contributed by atoms with E-state index in [0.29, 0.717) is 12.3 Å². The van der Waals surface area contributed by atoms with Gasteiger partial charge in [0.1, 0.15) is 0 Å². The van der Waals surface area contributed by atoms with Gasteiger partial charge in [0.15, 0.2) is 0 Å². The zero-order valence-corrected chi connectivity index (χ0v) is 17.6. The van der Waals surface area contributed by atoms with Gasteiger partial charge < -0.3 is 9.80 Å². The first-order valence-corrected chi connectivity index (χ1v) is 11.6. The highest BCUT2D eigenvalue weighted by Crippen LogP contribution is 2.36. The van der Waals surface area contributed by atoms with Crippen LogP contribution in [0.5, 0.6) is 0 Å². The third-order valence-electron chi connectivity index (χ3n) is 7.79. The Morgan fingerprint density at radius 3 is 1.96 bits per heavy atom. The second-order valence-electron chi connectivity index (χ2n) is 9.71. The number of rotatable bonds is 5. The van der Waals surface area contributed by atoms with Crippen LogP contribution in [-0.2, 0) is 4.79 Å². The Balaban J connectivity index is 1.34. The molecule has 150 valence electrons. The lowest BCUT2D eigenvalue weighted by molar-refractivity contribution is -0.132. The maximum absolute atomic E-state index is 11.8. The molecule has 0 N–H and O–H groups in total. The fourth-order valence-corrected chi connectivity index (χ4v) is 5.81. The molecule has 3 nitrogen and oxygen atoms in total. The zero-order chi connectivity index (χ0) is 18.5. The average molecular weight is 363 g/mol. The van der Waals surface area contributed by atoms with Crippen molar-refractivity contribution in [2.24, 2.45) is 23.7 Å². The van der Waals surface area contributed by atoms with Crippen molar-refractivity contribution in [1.82, 2.24) is 9.80 Å². The second-order valence-corrected chi connectivity index (χ2v) is 9.71. The van der Waals surface area contributed by atoms with E-state index in [1.807, 2.05) is 6.92 Å². The summed E-state index contributed by atoms with van der Waals surface area (Å²) in [6.45, 7) is 11.5. The predicted octanol–water partition coefficient (Wildman–Crippen LogP) is 4.95. The lowest BCUT2D eigenvalue weighted by atomic mass is 9.77. The maximum atomic E-state index is 11.8. The summed E-state index contributed by atoms with van der Waals surface area (Å²) in [7, 11) is 0. The van der Waals surface area contributed by atoms with E-state index in [0.717, 1.165) is 42.8 Å². The first-order valence-electron chi connectivity index (χ1n) is 11.6. The molecule has 0 aromatic carbocycles. The topological polar surface area (TPSA) is 23.6 Å². The van der Waals surface area contributed by atoms with E-state index in [1.165, 1.54) is 70.9 Å². The van der Waals surface area contributed by atoms with E-state index in [4.69, 9.17) is 0 Å². The zero-order valence-electron chi connectivity index (χ0n) is 17.6. The van der Waals surface area contributed by atoms with Gasteiger partial charge in [0.2, 0.25) is 5.91 Å². The number of carbonyl (C=O) groups excluding carboxylic acids is 1. The van der Waals surface area contributed by atoms with Gasteiger partial charge in [0.25, 0.3) is 0 Å². The van der Waals surface area contributed by atoms with Gasteiger partial charge in [-0.3, -0.25) is 4.79 Å². The number of carbonyl (C=O) groups is 1. The SMILES string of the molecule is CCC(=O)N1CCC(CC2CCC(N3CCC(C(C)C)CC3)CC2)CC1. The lowest BCUT2D eigenvalue weighted by Crippen LogP contribution is -2.44. The van der Waals surface area contributed by atoms with Gasteiger partial charge in [-0.15, -0.1) is 0 Å². The Morgan fingerprint density at radius 2 is 1.42 bits per heavy atom. The molecule has 0 radical (unpaired) electrons. The largest absolute Gasteiger partial charge is 0.343 e. The normalized spacial score (nSPS) is 30.1. The molecule has 3 aliphatic rings. The average Bonchev–Trinajstić information content (AvgIpc) is 2.68. The predicted molar refractivity (Wildman–Crippen MR) is 109 cm³/mol. The molecule has 0 aromatic heterocycles. The van der Waals surface area contributed by atoms with E-state index in [2.05, 4.69) is 23.6 Å². The summed E-state index contributed by atoms with van der Waals surface area (Å²) < 4.78 is 0. The summed E-state index contributed by atoms with van der Waals surface area (Å²) in [5.74, 6) is 4.02. The van der Waals surface area contributed by atoms with Gasteiger partial charge in [0, 0.05) is 25.6 Å². The molecule has 3 rings (SSSR count). The van der Waals surface area contributed by atoms with Gasteiger partial charge in [-0.1, -0.05) is 20.8 Å². The number of piperidine rings is 2. The van der Waals surface area contributed by atoms with Crippen LogP contribution in [0, 0.1) is 23.7 Å². The van der Waals surface area contributed by atoms with E-state index in [9.17, 15) is 4.79 Å². The third-order valence-corrected chi connectivity index (χ3v) is 7.79. The van der Waals surface area contributed by atoms with Crippen LogP contribution in [0.3, 0.4) is 0 Å². The van der Waals surface area contributed by atoms with Crippen LogP contribution in [-0.4, -0.2) is 47.9 Å². The molecule has 2 saturated heterocycles. The van der Waals surface area contributed by atoms with Crippen LogP contribution in [0.2, 0.25) is 0 Å². The number of hydrogen-bond acceptors (Lipinski definition) is 2. The summed E-state index contributed by atoms with van der Waals surface area (Å²) in [6, 6.07) is 0.878. The number of nitrogens with zero attached hydrogens (tertiary/aromatic N) is 2. The minimum absolute atomic E-state index is 0.352. The molecule has 3 fully saturated rings. The van der Waals surface area contributed by atoms with Crippen LogP contribution in [0.1, 0.15) is 85.0 Å². The highest BCUT2D eigenvalue weighted by molar-refractivity contribution is 5.75. The van der Waals surface area contributed by atoms with Gasteiger partial charge in [-0.05, 0) is 94.5 Å². The minimum atomic E-state index is 0.352. The Bertz CT molecular complexity index is 425. The molecule has 2 heterocycles. The molecule has 0 atom stereocenters. The van der Waals surface area contributed by atoms with Crippen LogP contribution in [0.25, 0.3) is 0 Å². The van der Waals surface area contributed by atoms with Gasteiger partial charge >= 0.3 is 0 Å². The van der Waals surface area contributed by atoms with Gasteiger partial charge in [-0.2, -0.15) is 0 Å². The van der Waals surface area contributed by atoms with Crippen molar-refractivity contribution in [3.8, 4) is 0 Å². The molecule has 0 spiro atoms. The van der Waals surface area contributed by atoms with Crippen LogP contribution >= 0.6 is 0 Å². The van der Waals surface area contributed by atoms with E-state index in [-0.39, 0.29) is 0 Å². The summed E-state index contributed by atoms with van der Waals surface area (Å²) in [4.78, 5) is 16.7. The first-order chi connectivity index (χ1) is 12.6. The molecular weight excluding hydrogens is 320 g/mol. The standard InChI is InChI=1S/C23H42N2O/c1-4-23(26)25-13-9-20(10-14-25)17-19-5-7-22(8-6-19)24-15-11-21(12-16-24)18(2)3/h18-22H,4-17H2,1-3H3. The molecule has 2 aliphatic heterocycles. The Kier molecular flexibility index (Phi) is 7.43. The second kappa shape index (κ2) is 9.57. The van der Waals surface area contributed by atoms with Crippen molar-refractivity contribution in [3.63, 3.8) is 0 Å². The van der Waals surface area contributed by atoms with E-state index < -0.39 is 0 Å². The van der Waals surface area contributed by atoms with Crippen LogP contribution < -0.4 is 0 Å². The third kappa shape index (κ3) is 5.24. The van der Waals surface area contributed by atoms with E-state index >= 15 is 0 Å². The Labute approximate surface area is 161 Å². The molecule has 0 unspecified atom stereocenters. The van der Waals surface area contributed by atoms with Crippen molar-refractivity contribution in [2.45, 2.75) is 91.0 Å². The number of amides is 1. The van der Waals surface area contributed by atoms with Crippen molar-refractivity contribution in [3.05, 3.63) is 0 Å². The maximum Gasteiger partial charge on any atom is 0.222 e. The molecule has 0 aromatic rings. The number of likely N-dealkylation sites (tertiary alicyclic amines) is 2. The highest BCUT2D eigenvalue weighted by Gasteiger charge is 2.31. The fraction of sp³-hybridized carbons (Fsp3) is 0.957. The molecule has 3 heteroatoms. The molecule has 26 heavy (non-hydrogen) atoms. The minimum Gasteiger partial charge on any atom is -0.343 e. The molecule has 0 bridgehead atoms. The molecule has 1 saturated carbocycles. The summed E-state index contributed by atoms with van der Waals surface area (Å²) >= 11 is 0. The monoisotopic (exact) mass is 362 g/mol. The van der Waals surface area contributed by atoms with E-state index in [1.54, 1.807) is 0 Å². The molecule has 1 amide bonds. The van der Waals surface area contributed by atoms with Gasteiger partial charge in [-0.25, -0.2) is 0 Å². The fourth-order valence-electron chi connectivity index (χ4n) is 5.81. The van der Waals surface area contributed by atoms with Crippen LogP contribution in [0.4, 0.5) is 0 Å². The van der Waals surface area contributed by atoms with Crippen molar-refractivity contribution in [2.75, 3.05) is 26.2 Å². The number of hydrogen-bond donors (Lipinski definition) is 0. The Morgan fingerprint density at radius 1 is 0.846 bits per heavy atom. The lowest BCUT2D eigenvalue weighted by Gasteiger charge is -2.42. The summed E-state index contributed by atoms with van der Waals surface area (Å²) in [5.41, 5.74) is 0.